The van der Waals surface area contributed by atoms with Gasteiger partial charge in [0.1, 0.15) is 11.9 Å². The molecule has 1 atom stereocenters. The Hall–Kier alpha value is -0.890. The van der Waals surface area contributed by atoms with Gasteiger partial charge in [-0.1, -0.05) is 19.1 Å². The van der Waals surface area contributed by atoms with Crippen molar-refractivity contribution in [1.29, 1.82) is 0 Å². The van der Waals surface area contributed by atoms with Gasteiger partial charge in [-0.3, -0.25) is 4.99 Å². The SMILES string of the molecule is COC(CN=C(N)N1CCC(C)CC1)c1ccc(F)cc1.I. The maximum absolute atomic E-state index is 12.9. The number of likely N-dealkylation sites (tertiary alicyclic amines) is 1. The predicted octanol–water partition coefficient (Wildman–Crippen LogP) is 3.18. The summed E-state index contributed by atoms with van der Waals surface area (Å²) >= 11 is 0. The lowest BCUT2D eigenvalue weighted by Gasteiger charge is -2.31. The number of guanidine groups is 1. The first-order valence-electron chi connectivity index (χ1n) is 7.43. The normalized spacial score (nSPS) is 18.0. The van der Waals surface area contributed by atoms with Crippen molar-refractivity contribution in [3.63, 3.8) is 0 Å². The van der Waals surface area contributed by atoms with E-state index in [1.807, 2.05) is 0 Å². The molecule has 2 N–H and O–H groups in total. The highest BCUT2D eigenvalue weighted by molar-refractivity contribution is 14.0. The Kier molecular flexibility index (Phi) is 8.09. The average Bonchev–Trinajstić information content (AvgIpc) is 2.50. The lowest BCUT2D eigenvalue weighted by atomic mass is 10.00. The number of ether oxygens (including phenoxy) is 1. The largest absolute Gasteiger partial charge is 0.375 e. The van der Waals surface area contributed by atoms with Gasteiger partial charge >= 0.3 is 0 Å². The minimum absolute atomic E-state index is 0. The van der Waals surface area contributed by atoms with Crippen molar-refractivity contribution in [2.24, 2.45) is 16.6 Å². The molecule has 0 saturated carbocycles. The summed E-state index contributed by atoms with van der Waals surface area (Å²) in [5.41, 5.74) is 6.96. The maximum atomic E-state index is 12.9. The molecule has 1 saturated heterocycles. The summed E-state index contributed by atoms with van der Waals surface area (Å²) in [6, 6.07) is 6.30. The minimum atomic E-state index is -0.251. The van der Waals surface area contributed by atoms with Gasteiger partial charge in [-0.25, -0.2) is 4.39 Å². The molecule has 2 rings (SSSR count). The van der Waals surface area contributed by atoms with Crippen molar-refractivity contribution >= 4 is 29.9 Å². The Balaban J connectivity index is 0.00000242. The van der Waals surface area contributed by atoms with Crippen LogP contribution in [0.25, 0.3) is 0 Å². The van der Waals surface area contributed by atoms with Crippen LogP contribution < -0.4 is 5.73 Å². The van der Waals surface area contributed by atoms with Crippen molar-refractivity contribution < 1.29 is 9.13 Å². The van der Waals surface area contributed by atoms with Crippen LogP contribution in [0, 0.1) is 11.7 Å². The number of halogens is 2. The summed E-state index contributed by atoms with van der Waals surface area (Å²) in [5.74, 6) is 1.09. The zero-order chi connectivity index (χ0) is 15.2. The summed E-state index contributed by atoms with van der Waals surface area (Å²) in [6.45, 7) is 4.63. The molecule has 124 valence electrons. The highest BCUT2D eigenvalue weighted by Crippen LogP contribution is 2.18. The standard InChI is InChI=1S/C16H24FN3O.HI/c1-12-7-9-20(10-8-12)16(18)19-11-15(21-2)13-3-5-14(17)6-4-13;/h3-6,12,15H,7-11H2,1-2H3,(H2,18,19);1H. The quantitative estimate of drug-likeness (QED) is 0.462. The molecule has 1 fully saturated rings. The first-order valence-corrected chi connectivity index (χ1v) is 7.43. The Morgan fingerprint density at radius 2 is 1.95 bits per heavy atom. The van der Waals surface area contributed by atoms with E-state index >= 15 is 0 Å². The van der Waals surface area contributed by atoms with Crippen molar-refractivity contribution in [1.82, 2.24) is 4.90 Å². The van der Waals surface area contributed by atoms with Gasteiger partial charge < -0.3 is 15.4 Å². The number of rotatable bonds is 4. The van der Waals surface area contributed by atoms with E-state index in [1.54, 1.807) is 19.2 Å². The molecule has 1 aliphatic rings. The molecule has 0 aliphatic carbocycles. The van der Waals surface area contributed by atoms with Crippen LogP contribution in [0.2, 0.25) is 0 Å². The van der Waals surface area contributed by atoms with E-state index in [0.29, 0.717) is 12.5 Å². The fourth-order valence-corrected chi connectivity index (χ4v) is 2.51. The molecular formula is C16H25FIN3O. The Morgan fingerprint density at radius 1 is 1.36 bits per heavy atom. The number of aliphatic imine (C=N–C) groups is 1. The van der Waals surface area contributed by atoms with Crippen molar-refractivity contribution in [2.45, 2.75) is 25.9 Å². The van der Waals surface area contributed by atoms with Crippen molar-refractivity contribution in [3.05, 3.63) is 35.6 Å². The Morgan fingerprint density at radius 3 is 2.50 bits per heavy atom. The molecule has 1 unspecified atom stereocenters. The van der Waals surface area contributed by atoms with Crippen LogP contribution in [0.3, 0.4) is 0 Å². The summed E-state index contributed by atoms with van der Waals surface area (Å²) < 4.78 is 18.4. The summed E-state index contributed by atoms with van der Waals surface area (Å²) in [7, 11) is 1.63. The molecule has 1 aliphatic heterocycles. The van der Waals surface area contributed by atoms with Crippen molar-refractivity contribution in [3.8, 4) is 0 Å². The van der Waals surface area contributed by atoms with Crippen LogP contribution in [0.15, 0.2) is 29.3 Å². The molecule has 0 amide bonds. The molecule has 22 heavy (non-hydrogen) atoms. The van der Waals surface area contributed by atoms with Crippen LogP contribution in [-0.4, -0.2) is 37.6 Å². The third-order valence-corrected chi connectivity index (χ3v) is 4.05. The monoisotopic (exact) mass is 421 g/mol. The van der Waals surface area contributed by atoms with E-state index in [-0.39, 0.29) is 35.9 Å². The molecule has 1 aromatic carbocycles. The summed E-state index contributed by atoms with van der Waals surface area (Å²) in [6.07, 6.45) is 2.11. The molecule has 1 heterocycles. The first-order chi connectivity index (χ1) is 10.1. The van der Waals surface area contributed by atoms with Crippen LogP contribution in [0.5, 0.6) is 0 Å². The van der Waals surface area contributed by atoms with Gasteiger partial charge in [-0.05, 0) is 36.5 Å². The topological polar surface area (TPSA) is 50.9 Å². The fourth-order valence-electron chi connectivity index (χ4n) is 2.51. The zero-order valence-corrected chi connectivity index (χ0v) is 15.5. The number of hydrogen-bond acceptors (Lipinski definition) is 2. The van der Waals surface area contributed by atoms with Crippen molar-refractivity contribution in [2.75, 3.05) is 26.7 Å². The van der Waals surface area contributed by atoms with Gasteiger partial charge in [0.25, 0.3) is 0 Å². The minimum Gasteiger partial charge on any atom is -0.375 e. The summed E-state index contributed by atoms with van der Waals surface area (Å²) in [5, 5.41) is 0. The van der Waals surface area contributed by atoms with Gasteiger partial charge in [-0.2, -0.15) is 0 Å². The summed E-state index contributed by atoms with van der Waals surface area (Å²) in [4.78, 5) is 6.57. The van der Waals surface area contributed by atoms with E-state index in [9.17, 15) is 4.39 Å². The number of piperidine rings is 1. The van der Waals surface area contributed by atoms with Crippen LogP contribution in [0.4, 0.5) is 4.39 Å². The smallest absolute Gasteiger partial charge is 0.191 e. The molecule has 4 nitrogen and oxygen atoms in total. The lowest BCUT2D eigenvalue weighted by Crippen LogP contribution is -2.42. The number of hydrogen-bond donors (Lipinski definition) is 1. The highest BCUT2D eigenvalue weighted by Gasteiger charge is 2.17. The molecule has 0 radical (unpaired) electrons. The second kappa shape index (κ2) is 9.29. The van der Waals surface area contributed by atoms with E-state index in [2.05, 4.69) is 16.8 Å². The molecule has 6 heteroatoms. The first kappa shape index (κ1) is 19.2. The third-order valence-electron chi connectivity index (χ3n) is 4.05. The Labute approximate surface area is 148 Å². The van der Waals surface area contributed by atoms with E-state index in [0.717, 1.165) is 37.4 Å². The van der Waals surface area contributed by atoms with Gasteiger partial charge in [-0.15, -0.1) is 24.0 Å². The van der Waals surface area contributed by atoms with Crippen LogP contribution in [0.1, 0.15) is 31.4 Å². The zero-order valence-electron chi connectivity index (χ0n) is 13.2. The van der Waals surface area contributed by atoms with E-state index in [1.165, 1.54) is 12.1 Å². The third kappa shape index (κ3) is 5.39. The van der Waals surface area contributed by atoms with E-state index in [4.69, 9.17) is 10.5 Å². The molecular weight excluding hydrogens is 396 g/mol. The molecule has 0 aromatic heterocycles. The van der Waals surface area contributed by atoms with E-state index < -0.39 is 0 Å². The predicted molar refractivity (Wildman–Crippen MR) is 98.0 cm³/mol. The molecule has 1 aromatic rings. The number of nitrogens with zero attached hydrogens (tertiary/aromatic N) is 2. The van der Waals surface area contributed by atoms with Gasteiger partial charge in [0.05, 0.1) is 6.54 Å². The highest BCUT2D eigenvalue weighted by atomic mass is 127. The second-order valence-corrected chi connectivity index (χ2v) is 5.64. The second-order valence-electron chi connectivity index (χ2n) is 5.64. The molecule has 0 spiro atoms. The molecule has 0 bridgehead atoms. The van der Waals surface area contributed by atoms with Crippen LogP contribution in [-0.2, 0) is 4.74 Å². The van der Waals surface area contributed by atoms with Gasteiger partial charge in [0.15, 0.2) is 5.96 Å². The fraction of sp³-hybridized carbons (Fsp3) is 0.562. The Bertz CT molecular complexity index is 473. The maximum Gasteiger partial charge on any atom is 0.191 e. The van der Waals surface area contributed by atoms with Gasteiger partial charge in [0, 0.05) is 20.2 Å². The van der Waals surface area contributed by atoms with Gasteiger partial charge in [0.2, 0.25) is 0 Å². The number of methoxy groups -OCH3 is 1. The number of benzene rings is 1. The number of nitrogens with two attached hydrogens (primary N) is 1. The lowest BCUT2D eigenvalue weighted by molar-refractivity contribution is 0.110. The van der Waals surface area contributed by atoms with Crippen LogP contribution >= 0.6 is 24.0 Å². The average molecular weight is 421 g/mol.